The summed E-state index contributed by atoms with van der Waals surface area (Å²) in [4.78, 5) is 0. The normalized spacial score (nSPS) is 11.4. The number of ether oxygens (including phenoxy) is 2. The number of hydrogen-bond donors (Lipinski definition) is 0. The zero-order valence-electron chi connectivity index (χ0n) is 14.2. The minimum absolute atomic E-state index is 0.121. The van der Waals surface area contributed by atoms with Crippen LogP contribution in [0.5, 0.6) is 11.5 Å². The molecule has 3 radical (unpaired) electrons. The molecular weight excluding hydrogens is 288 g/mol. The number of methoxy groups -OCH3 is 2. The van der Waals surface area contributed by atoms with Gasteiger partial charge >= 0.3 is 0 Å². The monoisotopic (exact) mass is 311 g/mol. The van der Waals surface area contributed by atoms with Gasteiger partial charge in [0.05, 0.1) is 24.5 Å². The molecule has 3 heteroatoms. The Labute approximate surface area is 136 Å². The first kappa shape index (κ1) is 16.6. The second kappa shape index (κ2) is 6.17. The van der Waals surface area contributed by atoms with Crippen LogP contribution < -0.4 is 14.7 Å². The molecule has 0 bridgehead atoms. The zero-order chi connectivity index (χ0) is 16.5. The van der Waals surface area contributed by atoms with Gasteiger partial charge in [-0.05, 0) is 54.3 Å². The molecule has 0 N–H and O–H groups in total. The highest BCUT2D eigenvalue weighted by Gasteiger charge is 2.28. The molecule has 2 aromatic carbocycles. The Morgan fingerprint density at radius 2 is 1.50 bits per heavy atom. The lowest BCUT2D eigenvalue weighted by atomic mass is 9.75. The summed E-state index contributed by atoms with van der Waals surface area (Å²) in [5.41, 5.74) is 4.85. The van der Waals surface area contributed by atoms with Gasteiger partial charge in [-0.2, -0.15) is 0 Å². The predicted molar refractivity (Wildman–Crippen MR) is 93.0 cm³/mol. The van der Waals surface area contributed by atoms with Gasteiger partial charge in [-0.3, -0.25) is 0 Å². The van der Waals surface area contributed by atoms with Crippen LogP contribution in [-0.4, -0.2) is 24.5 Å². The summed E-state index contributed by atoms with van der Waals surface area (Å²) in [6.07, 6.45) is 0. The molecule has 115 valence electrons. The number of benzene rings is 2. The Kier molecular flexibility index (Phi) is 4.66. The molecule has 0 heterocycles. The highest BCUT2D eigenvalue weighted by molar-refractivity contribution is 6.34. The van der Waals surface area contributed by atoms with E-state index in [1.165, 1.54) is 22.3 Å². The topological polar surface area (TPSA) is 18.5 Å². The fourth-order valence-electron chi connectivity index (χ4n) is 3.06. The standard InChI is InChI=1S/C19H23O2Si/c1-12-13(2)18(17(22)11-16(12)21-6)19(3,4)14-7-9-15(20-5)10-8-14/h7-11H,1-6H3. The van der Waals surface area contributed by atoms with Gasteiger partial charge in [-0.25, -0.2) is 0 Å². The van der Waals surface area contributed by atoms with Gasteiger partial charge in [0.15, 0.2) is 0 Å². The maximum Gasteiger partial charge on any atom is 0.121 e. The predicted octanol–water partition coefficient (Wildman–Crippen LogP) is 3.44. The fourth-order valence-corrected chi connectivity index (χ4v) is 3.69. The van der Waals surface area contributed by atoms with Crippen LogP contribution in [0.25, 0.3) is 0 Å². The van der Waals surface area contributed by atoms with Gasteiger partial charge in [0.2, 0.25) is 0 Å². The van der Waals surface area contributed by atoms with E-state index in [1.807, 2.05) is 12.1 Å². The van der Waals surface area contributed by atoms with Gasteiger partial charge in [-0.15, -0.1) is 0 Å². The molecule has 0 aromatic heterocycles. The van der Waals surface area contributed by atoms with E-state index in [9.17, 15) is 0 Å². The van der Waals surface area contributed by atoms with E-state index in [-0.39, 0.29) is 5.41 Å². The average molecular weight is 311 g/mol. The van der Waals surface area contributed by atoms with Gasteiger partial charge in [0.1, 0.15) is 11.5 Å². The SMILES string of the molecule is COc1ccc(C(C)(C)c2c([Si])cc(OC)c(C)c2C)cc1. The molecule has 0 fully saturated rings. The summed E-state index contributed by atoms with van der Waals surface area (Å²) < 4.78 is 10.7. The van der Waals surface area contributed by atoms with E-state index in [4.69, 9.17) is 9.47 Å². The molecular formula is C19H23O2Si. The fraction of sp³-hybridized carbons (Fsp3) is 0.368. The smallest absolute Gasteiger partial charge is 0.121 e. The molecule has 0 aliphatic rings. The third-order valence-electron chi connectivity index (χ3n) is 4.51. The van der Waals surface area contributed by atoms with E-state index in [2.05, 4.69) is 56.1 Å². The van der Waals surface area contributed by atoms with Gasteiger partial charge < -0.3 is 9.47 Å². The molecule has 2 aromatic rings. The van der Waals surface area contributed by atoms with Crippen LogP contribution in [0.1, 0.15) is 36.1 Å². The van der Waals surface area contributed by atoms with Crippen LogP contribution in [0, 0.1) is 13.8 Å². The van der Waals surface area contributed by atoms with Gasteiger partial charge in [-0.1, -0.05) is 31.2 Å². The first-order valence-electron chi connectivity index (χ1n) is 7.37. The Morgan fingerprint density at radius 3 is 2.00 bits per heavy atom. The largest absolute Gasteiger partial charge is 0.497 e. The van der Waals surface area contributed by atoms with Crippen LogP contribution in [-0.2, 0) is 5.41 Å². The summed E-state index contributed by atoms with van der Waals surface area (Å²) in [6, 6.07) is 10.3. The van der Waals surface area contributed by atoms with Crippen molar-refractivity contribution < 1.29 is 9.47 Å². The molecule has 0 aliphatic heterocycles. The summed E-state index contributed by atoms with van der Waals surface area (Å²) in [5.74, 6) is 1.79. The summed E-state index contributed by atoms with van der Waals surface area (Å²) in [6.45, 7) is 8.74. The minimum Gasteiger partial charge on any atom is -0.497 e. The number of rotatable bonds is 4. The van der Waals surface area contributed by atoms with Gasteiger partial charge in [0, 0.05) is 5.41 Å². The first-order chi connectivity index (χ1) is 10.3. The van der Waals surface area contributed by atoms with Crippen molar-refractivity contribution in [3.05, 3.63) is 52.6 Å². The third-order valence-corrected chi connectivity index (χ3v) is 4.90. The van der Waals surface area contributed by atoms with Gasteiger partial charge in [0.25, 0.3) is 0 Å². The summed E-state index contributed by atoms with van der Waals surface area (Å²) in [7, 11) is 7.19. The van der Waals surface area contributed by atoms with E-state index in [1.54, 1.807) is 14.2 Å². The third kappa shape index (κ3) is 2.78. The summed E-state index contributed by atoms with van der Waals surface area (Å²) >= 11 is 0. The Morgan fingerprint density at radius 1 is 0.909 bits per heavy atom. The Hall–Kier alpha value is -1.74. The second-order valence-electron chi connectivity index (χ2n) is 6.10. The van der Waals surface area contributed by atoms with E-state index in [0.717, 1.165) is 16.7 Å². The molecule has 0 amide bonds. The molecule has 2 rings (SSSR count). The van der Waals surface area contributed by atoms with Crippen LogP contribution in [0.4, 0.5) is 0 Å². The zero-order valence-corrected chi connectivity index (χ0v) is 15.2. The van der Waals surface area contributed by atoms with E-state index in [0.29, 0.717) is 0 Å². The Balaban J connectivity index is 2.59. The quantitative estimate of drug-likeness (QED) is 0.805. The maximum absolute atomic E-state index is 5.46. The lowest BCUT2D eigenvalue weighted by Crippen LogP contribution is -2.29. The van der Waals surface area contributed by atoms with E-state index < -0.39 is 0 Å². The maximum atomic E-state index is 5.46. The molecule has 0 unspecified atom stereocenters. The minimum atomic E-state index is -0.121. The van der Waals surface area contributed by atoms with Crippen LogP contribution in [0.3, 0.4) is 0 Å². The van der Waals surface area contributed by atoms with Crippen LogP contribution >= 0.6 is 0 Å². The number of hydrogen-bond acceptors (Lipinski definition) is 2. The van der Waals surface area contributed by atoms with E-state index >= 15 is 0 Å². The molecule has 0 aliphatic carbocycles. The van der Waals surface area contributed by atoms with Crippen molar-refractivity contribution in [1.29, 1.82) is 0 Å². The highest BCUT2D eigenvalue weighted by atomic mass is 28.1. The Bertz CT molecular complexity index is 673. The molecule has 0 atom stereocenters. The van der Waals surface area contributed by atoms with Crippen LogP contribution in [0.15, 0.2) is 30.3 Å². The second-order valence-corrected chi connectivity index (χ2v) is 6.64. The lowest BCUT2D eigenvalue weighted by molar-refractivity contribution is 0.411. The van der Waals surface area contributed by atoms with Crippen molar-refractivity contribution in [2.45, 2.75) is 33.1 Å². The van der Waals surface area contributed by atoms with Crippen molar-refractivity contribution in [1.82, 2.24) is 0 Å². The lowest BCUT2D eigenvalue weighted by Gasteiger charge is -2.31. The summed E-state index contributed by atoms with van der Waals surface area (Å²) in [5, 5.41) is 1.07. The van der Waals surface area contributed by atoms with Crippen molar-refractivity contribution in [2.75, 3.05) is 14.2 Å². The molecule has 0 saturated heterocycles. The van der Waals surface area contributed by atoms with Crippen molar-refractivity contribution in [2.24, 2.45) is 0 Å². The molecule has 2 nitrogen and oxygen atoms in total. The average Bonchev–Trinajstić information content (AvgIpc) is 2.50. The molecule has 0 spiro atoms. The van der Waals surface area contributed by atoms with Crippen molar-refractivity contribution >= 4 is 15.4 Å². The molecule has 0 saturated carbocycles. The first-order valence-corrected chi connectivity index (χ1v) is 7.87. The van der Waals surface area contributed by atoms with Crippen molar-refractivity contribution in [3.63, 3.8) is 0 Å². The molecule has 22 heavy (non-hydrogen) atoms. The highest BCUT2D eigenvalue weighted by Crippen LogP contribution is 2.36. The van der Waals surface area contributed by atoms with Crippen molar-refractivity contribution in [3.8, 4) is 11.5 Å². The van der Waals surface area contributed by atoms with Crippen LogP contribution in [0.2, 0.25) is 0 Å².